The Bertz CT molecular complexity index is 3160. The standard InChI is InChI=1S/C33H55N3O4SSi.C31H51N3O5SSi.C3H8/c1-13-28(27-16-14-26(15-17-27)21-41(38,39)35(12)32(37)40-33(9,10)11)30-25(8)20-34-31-29(30)18-19-36(31)42(22(2)3,23(4)5)24(6)7;1-20(2)41(21(3)4,22(5)6)34-17-16-26-27(23(7)18-32-29(26)34)28(35)25-14-12-24(13-15-25)19-40(37,38)33(11)30(36)39-31(8,9)10;1-3-2/h13,18-20,22-24,26-27H,14-17,21H2,1-12H3;16-18,20-22,24-25H,12-15,19H2,1-11H3;3H2,1-2H3. The maximum atomic E-state index is 14.0. The van der Waals surface area contributed by atoms with Gasteiger partial charge < -0.3 is 17.9 Å². The molecule has 2 saturated carbocycles. The molecule has 0 radical (unpaired) electrons. The first kappa shape index (κ1) is 74.1. The van der Waals surface area contributed by atoms with Gasteiger partial charge in [0, 0.05) is 48.7 Å². The molecule has 0 spiro atoms. The van der Waals surface area contributed by atoms with Gasteiger partial charge in [0.1, 0.15) is 22.5 Å². The van der Waals surface area contributed by atoms with E-state index in [1.54, 1.807) is 41.5 Å². The lowest BCUT2D eigenvalue weighted by Gasteiger charge is -2.44. The maximum Gasteiger partial charge on any atom is 0.423 e. The first-order valence-electron chi connectivity index (χ1n) is 32.2. The number of ketones is 1. The van der Waals surface area contributed by atoms with Crippen LogP contribution in [0.5, 0.6) is 0 Å². The smallest absolute Gasteiger partial charge is 0.423 e. The van der Waals surface area contributed by atoms with Crippen molar-refractivity contribution < 1.29 is 40.7 Å². The summed E-state index contributed by atoms with van der Waals surface area (Å²) in [4.78, 5) is 48.7. The molecule has 0 aromatic carbocycles. The second-order valence-electron chi connectivity index (χ2n) is 28.9. The highest BCUT2D eigenvalue weighted by Crippen LogP contribution is 2.48. The normalized spacial score (nSPS) is 18.6. The summed E-state index contributed by atoms with van der Waals surface area (Å²) in [6.07, 6.45) is 16.1. The van der Waals surface area contributed by atoms with Crippen molar-refractivity contribution in [2.24, 2.45) is 23.7 Å². The van der Waals surface area contributed by atoms with Crippen LogP contribution in [0.3, 0.4) is 0 Å². The first-order valence-corrected chi connectivity index (χ1v) is 39.8. The molecule has 0 unspecified atom stereocenters. The number of aromatic nitrogens is 4. The van der Waals surface area contributed by atoms with Crippen molar-refractivity contribution in [1.29, 1.82) is 0 Å². The topological polar surface area (TPSA) is 180 Å². The number of fused-ring (bicyclic) bond motifs is 2. The summed E-state index contributed by atoms with van der Waals surface area (Å²) in [7, 11) is -9.04. The van der Waals surface area contributed by atoms with Crippen molar-refractivity contribution >= 4 is 82.1 Å². The second-order valence-corrected chi connectivity index (χ2v) is 44.4. The number of carbonyl (C=O) groups excluding carboxylic acids is 3. The van der Waals surface area contributed by atoms with Gasteiger partial charge in [-0.2, -0.15) is 0 Å². The minimum absolute atomic E-state index is 0.0172. The van der Waals surface area contributed by atoms with Gasteiger partial charge in [-0.3, -0.25) is 4.79 Å². The molecule has 19 heteroatoms. The maximum absolute atomic E-state index is 14.0. The fraction of sp³-hybridized carbons (Fsp3) is 0.716. The van der Waals surface area contributed by atoms with E-state index in [2.05, 4.69) is 150 Å². The molecular weight excluding hydrogens is 1150 g/mol. The molecule has 2 aliphatic rings. The Labute approximate surface area is 522 Å². The summed E-state index contributed by atoms with van der Waals surface area (Å²) >= 11 is 0. The van der Waals surface area contributed by atoms with Crippen LogP contribution in [0.25, 0.3) is 27.6 Å². The number of hydrogen-bond donors (Lipinski definition) is 0. The molecule has 4 aromatic heterocycles. The van der Waals surface area contributed by atoms with E-state index in [-0.39, 0.29) is 35.0 Å². The zero-order valence-corrected chi connectivity index (χ0v) is 61.4. The van der Waals surface area contributed by atoms with E-state index in [1.165, 1.54) is 42.6 Å². The highest BCUT2D eigenvalue weighted by atomic mass is 32.2. The van der Waals surface area contributed by atoms with Crippen molar-refractivity contribution in [3.63, 3.8) is 0 Å². The first-order chi connectivity index (χ1) is 39.6. The highest BCUT2D eigenvalue weighted by Gasteiger charge is 2.48. The molecule has 15 nitrogen and oxygen atoms in total. The van der Waals surface area contributed by atoms with E-state index in [0.29, 0.717) is 69.2 Å². The fourth-order valence-corrected chi connectivity index (χ4v) is 31.0. The molecule has 86 heavy (non-hydrogen) atoms. The molecule has 486 valence electrons. The van der Waals surface area contributed by atoms with Gasteiger partial charge in [-0.05, 0) is 211 Å². The van der Waals surface area contributed by atoms with Gasteiger partial charge in [-0.15, -0.1) is 0 Å². The summed E-state index contributed by atoms with van der Waals surface area (Å²) in [5, 5.41) is 2.16. The molecule has 0 saturated heterocycles. The van der Waals surface area contributed by atoms with E-state index >= 15 is 0 Å². The number of allylic oxidation sites excluding steroid dienone is 2. The molecule has 2 aliphatic carbocycles. The number of ether oxygens (including phenoxy) is 2. The summed E-state index contributed by atoms with van der Waals surface area (Å²) in [6, 6.07) is 4.37. The van der Waals surface area contributed by atoms with Gasteiger partial charge >= 0.3 is 12.2 Å². The zero-order chi connectivity index (χ0) is 65.6. The molecule has 6 rings (SSSR count). The molecule has 0 N–H and O–H groups in total. The lowest BCUT2D eigenvalue weighted by atomic mass is 9.76. The molecule has 0 bridgehead atoms. The number of nitrogens with zero attached hydrogens (tertiary/aromatic N) is 6. The molecular formula is C67H114N6O9S2Si2. The van der Waals surface area contributed by atoms with Crippen LogP contribution in [0.1, 0.15) is 230 Å². The third-order valence-corrected chi connectivity index (χ3v) is 35.8. The predicted molar refractivity (Wildman–Crippen MR) is 362 cm³/mol. The number of sulfonamides is 2. The lowest BCUT2D eigenvalue weighted by molar-refractivity contribution is 0.0407. The Morgan fingerprint density at radius 3 is 1.17 bits per heavy atom. The lowest BCUT2D eigenvalue weighted by Crippen LogP contribution is -2.51. The fourth-order valence-electron chi connectivity index (χ4n) is 15.1. The molecule has 2 amide bonds. The number of carbonyl (C=O) groups is 3. The van der Waals surface area contributed by atoms with Crippen molar-refractivity contribution in [3.05, 3.63) is 65.2 Å². The van der Waals surface area contributed by atoms with E-state index in [0.717, 1.165) is 57.8 Å². The number of rotatable bonds is 18. The minimum atomic E-state index is -3.82. The second kappa shape index (κ2) is 29.5. The van der Waals surface area contributed by atoms with Crippen LogP contribution in [-0.4, -0.2) is 115 Å². The third-order valence-electron chi connectivity index (χ3n) is 18.6. The average Bonchev–Trinajstić information content (AvgIpc) is 1.59. The van der Waals surface area contributed by atoms with Crippen molar-refractivity contribution in [1.82, 2.24) is 27.0 Å². The molecule has 4 heterocycles. The number of aryl methyl sites for hydroxylation is 2. The molecule has 4 aromatic rings. The van der Waals surface area contributed by atoms with E-state index in [1.807, 2.05) is 19.3 Å². The Hall–Kier alpha value is -4.34. The summed E-state index contributed by atoms with van der Waals surface area (Å²) in [5.74, 6) is 0.0729. The van der Waals surface area contributed by atoms with Crippen LogP contribution in [0.15, 0.2) is 43.0 Å². The zero-order valence-electron chi connectivity index (χ0n) is 57.8. The van der Waals surface area contributed by atoms with Crippen molar-refractivity contribution in [2.45, 2.75) is 261 Å². The van der Waals surface area contributed by atoms with Gasteiger partial charge in [0.25, 0.3) is 0 Å². The number of amides is 2. The van der Waals surface area contributed by atoms with E-state index in [9.17, 15) is 31.2 Å². The largest absolute Gasteiger partial charge is 0.443 e. The Balaban J connectivity index is 0.000000352. The SMILES string of the molecule is CC=C(c1c(C)cnc2c1ccn2[Si](C(C)C)(C(C)C)C(C)C)C1CCC(CS(=O)(=O)N(C)C(=O)OC(C)(C)C)CC1.CCC.Cc1cnc2c(ccn2[Si](C(C)C)(C(C)C)C(C)C)c1C(=O)C1CCC(CS(=O)(=O)N(C)C(=O)OC(C)(C)C)CC1. The number of hydrogen-bond acceptors (Lipinski definition) is 11. The van der Waals surface area contributed by atoms with Gasteiger partial charge in [0.05, 0.1) is 11.5 Å². The van der Waals surface area contributed by atoms with Gasteiger partial charge in [0.15, 0.2) is 22.3 Å². The van der Waals surface area contributed by atoms with Gasteiger partial charge in [0.2, 0.25) is 20.0 Å². The Morgan fingerprint density at radius 2 is 0.872 bits per heavy atom. The molecule has 2 fully saturated rings. The summed E-state index contributed by atoms with van der Waals surface area (Å²) in [6.45, 7) is 49.0. The number of Topliss-reactive ketones (excluding diaryl/α,β-unsaturated/α-hetero) is 1. The number of pyridine rings is 2. The highest BCUT2D eigenvalue weighted by molar-refractivity contribution is 7.89. The van der Waals surface area contributed by atoms with Crippen LogP contribution in [0.2, 0.25) is 33.2 Å². The van der Waals surface area contributed by atoms with Crippen molar-refractivity contribution in [3.8, 4) is 0 Å². The third kappa shape index (κ3) is 16.3. The average molecular weight is 1270 g/mol. The summed E-state index contributed by atoms with van der Waals surface area (Å²) < 4.78 is 69.0. The van der Waals surface area contributed by atoms with Gasteiger partial charge in [-0.25, -0.2) is 45.0 Å². The van der Waals surface area contributed by atoms with Crippen LogP contribution in [0.4, 0.5) is 9.59 Å². The predicted octanol–water partition coefficient (Wildman–Crippen LogP) is 17.7. The van der Waals surface area contributed by atoms with Crippen LogP contribution < -0.4 is 0 Å². The Morgan fingerprint density at radius 1 is 0.570 bits per heavy atom. The molecule has 0 atom stereocenters. The van der Waals surface area contributed by atoms with E-state index in [4.69, 9.17) is 19.4 Å². The monoisotopic (exact) mass is 1270 g/mol. The van der Waals surface area contributed by atoms with Crippen molar-refractivity contribution in [2.75, 3.05) is 25.6 Å². The van der Waals surface area contributed by atoms with E-state index < -0.39 is 59.9 Å². The van der Waals surface area contributed by atoms with Crippen LogP contribution >= 0.6 is 0 Å². The molecule has 0 aliphatic heterocycles. The Kier molecular flexibility index (Phi) is 25.5. The van der Waals surface area contributed by atoms with Crippen LogP contribution in [0, 0.1) is 37.5 Å². The minimum Gasteiger partial charge on any atom is -0.443 e. The van der Waals surface area contributed by atoms with Gasteiger partial charge in [-0.1, -0.05) is 109 Å². The quantitative estimate of drug-likeness (QED) is 0.0683. The summed E-state index contributed by atoms with van der Waals surface area (Å²) in [5.41, 5.74) is 9.16. The van der Waals surface area contributed by atoms with Crippen LogP contribution in [-0.2, 0) is 29.5 Å².